The molecule has 0 bridgehead atoms. The Morgan fingerprint density at radius 3 is 2.76 bits per heavy atom. The van der Waals surface area contributed by atoms with Crippen molar-refractivity contribution in [3.8, 4) is 0 Å². The molecule has 0 aromatic heterocycles. The molecule has 0 unspecified atom stereocenters. The highest BCUT2D eigenvalue weighted by atomic mass is 32.2. The van der Waals surface area contributed by atoms with E-state index in [1.54, 1.807) is 18.2 Å². The smallest absolute Gasteiger partial charge is 0.293 e. The molecule has 1 saturated heterocycles. The minimum atomic E-state index is -0.460. The van der Waals surface area contributed by atoms with Gasteiger partial charge in [-0.25, -0.2) is 4.39 Å². The quantitative estimate of drug-likeness (QED) is 0.566. The number of unbranched alkanes of at least 4 members (excludes halogenated alkanes) is 2. The molecule has 1 N–H and O–H groups in total. The second kappa shape index (κ2) is 9.36. The molecule has 5 nitrogen and oxygen atoms in total. The Kier molecular flexibility index (Phi) is 7.18. The van der Waals surface area contributed by atoms with Crippen molar-refractivity contribution in [2.45, 2.75) is 32.6 Å². The number of halogens is 1. The lowest BCUT2D eigenvalue weighted by molar-refractivity contribution is -0.124. The molecule has 1 aliphatic rings. The first-order valence-corrected chi connectivity index (χ1v) is 9.11. The summed E-state index contributed by atoms with van der Waals surface area (Å²) in [6.07, 6.45) is 4.69. The third-order valence-electron chi connectivity index (χ3n) is 3.73. The Balaban J connectivity index is 1.89. The molecule has 0 radical (unpaired) electrons. The number of nitrogens with one attached hydrogen (secondary N) is 1. The monoisotopic (exact) mass is 364 g/mol. The third-order valence-corrected chi connectivity index (χ3v) is 4.64. The predicted molar refractivity (Wildman–Crippen MR) is 96.2 cm³/mol. The standard InChI is InChI=1S/C18H21FN2O3S/c1-2-3-4-9-16(22)20-10-11-21-17(23)15(25-18(21)24)12-13-7-5-6-8-14(13)19/h5-8,12H,2-4,9-11H2,1H3,(H,20,22)/b15-12-. The number of nitrogens with zero attached hydrogens (tertiary/aromatic N) is 1. The van der Waals surface area contributed by atoms with E-state index in [1.807, 2.05) is 0 Å². The van der Waals surface area contributed by atoms with Gasteiger partial charge in [-0.05, 0) is 30.3 Å². The Morgan fingerprint density at radius 1 is 1.28 bits per heavy atom. The van der Waals surface area contributed by atoms with E-state index in [2.05, 4.69) is 12.2 Å². The number of carbonyl (C=O) groups is 3. The minimum absolute atomic E-state index is 0.0812. The van der Waals surface area contributed by atoms with E-state index in [0.717, 1.165) is 35.9 Å². The summed E-state index contributed by atoms with van der Waals surface area (Å²) in [6, 6.07) is 6.05. The molecule has 1 fully saturated rings. The van der Waals surface area contributed by atoms with Crippen LogP contribution in [-0.2, 0) is 9.59 Å². The van der Waals surface area contributed by atoms with E-state index in [9.17, 15) is 18.8 Å². The predicted octanol–water partition coefficient (Wildman–Crippen LogP) is 3.56. The number of imide groups is 1. The zero-order chi connectivity index (χ0) is 18.2. The zero-order valence-electron chi connectivity index (χ0n) is 14.1. The van der Waals surface area contributed by atoms with Gasteiger partial charge in [0.25, 0.3) is 11.1 Å². The lowest BCUT2D eigenvalue weighted by Crippen LogP contribution is -2.37. The zero-order valence-corrected chi connectivity index (χ0v) is 14.9. The number of carbonyl (C=O) groups excluding carboxylic acids is 3. The molecule has 0 saturated carbocycles. The highest BCUT2D eigenvalue weighted by Gasteiger charge is 2.34. The van der Waals surface area contributed by atoms with Gasteiger partial charge in [0.1, 0.15) is 5.82 Å². The fourth-order valence-corrected chi connectivity index (χ4v) is 3.21. The molecule has 0 spiro atoms. The fourth-order valence-electron chi connectivity index (χ4n) is 2.36. The van der Waals surface area contributed by atoms with Crippen molar-refractivity contribution in [3.05, 3.63) is 40.6 Å². The van der Waals surface area contributed by atoms with Crippen LogP contribution in [0.25, 0.3) is 6.08 Å². The van der Waals surface area contributed by atoms with Crippen molar-refractivity contribution in [2.24, 2.45) is 0 Å². The van der Waals surface area contributed by atoms with E-state index in [-0.39, 0.29) is 29.5 Å². The van der Waals surface area contributed by atoms with E-state index in [4.69, 9.17) is 0 Å². The lowest BCUT2D eigenvalue weighted by atomic mass is 10.2. The summed E-state index contributed by atoms with van der Waals surface area (Å²) in [5, 5.41) is 2.30. The molecule has 1 heterocycles. The van der Waals surface area contributed by atoms with Gasteiger partial charge in [-0.3, -0.25) is 19.3 Å². The van der Waals surface area contributed by atoms with Gasteiger partial charge in [0.15, 0.2) is 0 Å². The van der Waals surface area contributed by atoms with Crippen LogP contribution in [0.2, 0.25) is 0 Å². The van der Waals surface area contributed by atoms with Gasteiger partial charge in [-0.15, -0.1) is 0 Å². The molecular weight excluding hydrogens is 343 g/mol. The SMILES string of the molecule is CCCCCC(=O)NCCN1C(=O)S/C(=C\c2ccccc2F)C1=O. The van der Waals surface area contributed by atoms with Crippen molar-refractivity contribution in [2.75, 3.05) is 13.1 Å². The maximum atomic E-state index is 13.7. The van der Waals surface area contributed by atoms with Crippen LogP contribution < -0.4 is 5.32 Å². The average molecular weight is 364 g/mol. The van der Waals surface area contributed by atoms with E-state index < -0.39 is 17.0 Å². The van der Waals surface area contributed by atoms with Gasteiger partial charge >= 0.3 is 0 Å². The van der Waals surface area contributed by atoms with Gasteiger partial charge in [0, 0.05) is 25.1 Å². The van der Waals surface area contributed by atoms with Crippen molar-refractivity contribution in [1.82, 2.24) is 10.2 Å². The minimum Gasteiger partial charge on any atom is -0.354 e. The first-order valence-electron chi connectivity index (χ1n) is 8.29. The van der Waals surface area contributed by atoms with Gasteiger partial charge < -0.3 is 5.32 Å². The summed E-state index contributed by atoms with van der Waals surface area (Å²) in [5.74, 6) is -0.991. The van der Waals surface area contributed by atoms with Gasteiger partial charge in [0.05, 0.1) is 4.91 Å². The summed E-state index contributed by atoms with van der Waals surface area (Å²) in [6.45, 7) is 2.39. The Labute approximate surface area is 150 Å². The number of rotatable bonds is 8. The summed E-state index contributed by atoms with van der Waals surface area (Å²) in [4.78, 5) is 37.2. The topological polar surface area (TPSA) is 66.5 Å². The first kappa shape index (κ1) is 19.2. The molecule has 1 aromatic rings. The number of benzene rings is 1. The summed E-state index contributed by atoms with van der Waals surface area (Å²) in [5.41, 5.74) is 0.261. The maximum Gasteiger partial charge on any atom is 0.293 e. The Bertz CT molecular complexity index is 691. The van der Waals surface area contributed by atoms with Crippen LogP contribution >= 0.6 is 11.8 Å². The molecule has 3 amide bonds. The van der Waals surface area contributed by atoms with Gasteiger partial charge in [-0.1, -0.05) is 38.0 Å². The normalized spacial score (nSPS) is 15.9. The number of hydrogen-bond donors (Lipinski definition) is 1. The van der Waals surface area contributed by atoms with Crippen LogP contribution in [0.5, 0.6) is 0 Å². The van der Waals surface area contributed by atoms with Crippen molar-refractivity contribution in [1.29, 1.82) is 0 Å². The first-order chi connectivity index (χ1) is 12.0. The second-order valence-corrected chi connectivity index (χ2v) is 6.66. The van der Waals surface area contributed by atoms with Crippen LogP contribution in [0, 0.1) is 5.82 Å². The van der Waals surface area contributed by atoms with Crippen molar-refractivity contribution >= 4 is 34.9 Å². The molecule has 7 heteroatoms. The molecule has 25 heavy (non-hydrogen) atoms. The second-order valence-electron chi connectivity index (χ2n) is 5.66. The van der Waals surface area contributed by atoms with Crippen molar-refractivity contribution in [3.63, 3.8) is 0 Å². The molecule has 134 valence electrons. The largest absolute Gasteiger partial charge is 0.354 e. The lowest BCUT2D eigenvalue weighted by Gasteiger charge is -2.12. The fraction of sp³-hybridized carbons (Fsp3) is 0.389. The molecular formula is C18H21FN2O3S. The molecule has 0 aliphatic carbocycles. The van der Waals surface area contributed by atoms with Gasteiger partial charge in [-0.2, -0.15) is 0 Å². The summed E-state index contributed by atoms with van der Waals surface area (Å²) >= 11 is 0.780. The van der Waals surface area contributed by atoms with Crippen LogP contribution in [0.15, 0.2) is 29.2 Å². The summed E-state index contributed by atoms with van der Waals surface area (Å²) < 4.78 is 13.7. The van der Waals surface area contributed by atoms with Crippen LogP contribution in [0.3, 0.4) is 0 Å². The van der Waals surface area contributed by atoms with Crippen LogP contribution in [0.4, 0.5) is 9.18 Å². The Morgan fingerprint density at radius 2 is 2.04 bits per heavy atom. The number of thioether (sulfide) groups is 1. The number of amides is 3. The van der Waals surface area contributed by atoms with E-state index in [1.165, 1.54) is 12.1 Å². The molecule has 1 aromatic carbocycles. The average Bonchev–Trinajstić information content (AvgIpc) is 2.84. The maximum absolute atomic E-state index is 13.7. The number of hydrogen-bond acceptors (Lipinski definition) is 4. The van der Waals surface area contributed by atoms with Gasteiger partial charge in [0.2, 0.25) is 5.91 Å². The summed E-state index contributed by atoms with van der Waals surface area (Å²) in [7, 11) is 0. The van der Waals surface area contributed by atoms with Crippen molar-refractivity contribution < 1.29 is 18.8 Å². The molecule has 2 rings (SSSR count). The van der Waals surface area contributed by atoms with E-state index >= 15 is 0 Å². The third kappa shape index (κ3) is 5.42. The van der Waals surface area contributed by atoms with E-state index in [0.29, 0.717) is 6.42 Å². The van der Waals surface area contributed by atoms with Crippen LogP contribution in [-0.4, -0.2) is 35.0 Å². The Hall–Kier alpha value is -2.15. The molecule has 0 atom stereocenters. The highest BCUT2D eigenvalue weighted by molar-refractivity contribution is 8.18. The highest BCUT2D eigenvalue weighted by Crippen LogP contribution is 2.32. The van der Waals surface area contributed by atoms with Crippen LogP contribution in [0.1, 0.15) is 38.2 Å². The molecule has 1 aliphatic heterocycles.